The van der Waals surface area contributed by atoms with Gasteiger partial charge in [-0.1, -0.05) is 34.7 Å². The van der Waals surface area contributed by atoms with Crippen LogP contribution >= 0.6 is 59.3 Å². The van der Waals surface area contributed by atoms with Crippen molar-refractivity contribution in [2.75, 3.05) is 5.32 Å². The van der Waals surface area contributed by atoms with Crippen LogP contribution in [0, 0.1) is 0 Å². The van der Waals surface area contributed by atoms with Crippen molar-refractivity contribution in [1.82, 2.24) is 14.5 Å². The van der Waals surface area contributed by atoms with E-state index in [1.807, 2.05) is 17.8 Å². The largest absolute Gasteiger partial charge is 0.457 e. The number of rotatable bonds is 7. The van der Waals surface area contributed by atoms with Gasteiger partial charge in [0.1, 0.15) is 15.8 Å². The van der Waals surface area contributed by atoms with Crippen LogP contribution in [0.15, 0.2) is 71.1 Å². The Balaban J connectivity index is 0.00000324. The first-order chi connectivity index (χ1) is 15.7. The second-order valence-electron chi connectivity index (χ2n) is 6.68. The van der Waals surface area contributed by atoms with Crippen molar-refractivity contribution >= 4 is 75.6 Å². The Bertz CT molecular complexity index is 1360. The number of carbonyl (C=O) groups excluding carboxylic acids is 1. The number of aryl methyl sites for hydroxylation is 1. The molecule has 0 saturated carbocycles. The first kappa shape index (κ1) is 26.4. The summed E-state index contributed by atoms with van der Waals surface area (Å²) in [5.74, 6) is 0.315. The SMILES string of the molecule is Br.Cn1ccnc1Sc1cc(Oc2ccc(P(=O)(O)O)cc2)cc(C(=O)Nc2ncc(Cl)s2)c1. The number of carbonyl (C=O) groups is 1. The van der Waals surface area contributed by atoms with Crippen LogP contribution in [-0.4, -0.2) is 30.2 Å². The van der Waals surface area contributed by atoms with E-state index in [4.69, 9.17) is 16.3 Å². The number of amides is 1. The summed E-state index contributed by atoms with van der Waals surface area (Å²) in [4.78, 5) is 40.4. The highest BCUT2D eigenvalue weighted by atomic mass is 79.9. The zero-order valence-electron chi connectivity index (χ0n) is 17.3. The highest BCUT2D eigenvalue weighted by Gasteiger charge is 2.17. The fourth-order valence-electron chi connectivity index (χ4n) is 2.70. The summed E-state index contributed by atoms with van der Waals surface area (Å²) < 4.78 is 19.6. The summed E-state index contributed by atoms with van der Waals surface area (Å²) in [5, 5.41) is 3.67. The number of nitrogens with one attached hydrogen (secondary N) is 1. The van der Waals surface area contributed by atoms with Crippen LogP contribution in [0.5, 0.6) is 11.5 Å². The van der Waals surface area contributed by atoms with Crippen LogP contribution in [0.4, 0.5) is 5.13 Å². The number of halogens is 2. The van der Waals surface area contributed by atoms with Gasteiger partial charge >= 0.3 is 7.60 Å². The molecule has 4 aromatic rings. The molecule has 0 aliphatic heterocycles. The van der Waals surface area contributed by atoms with Crippen molar-refractivity contribution < 1.29 is 23.9 Å². The quantitative estimate of drug-likeness (QED) is 0.249. The summed E-state index contributed by atoms with van der Waals surface area (Å²) in [5.41, 5.74) is 0.322. The molecule has 0 aliphatic rings. The van der Waals surface area contributed by atoms with Crippen LogP contribution in [0.25, 0.3) is 0 Å². The molecule has 0 atom stereocenters. The molecule has 0 fully saturated rings. The highest BCUT2D eigenvalue weighted by Crippen LogP contribution is 2.35. The molecule has 0 radical (unpaired) electrons. The molecule has 4 rings (SSSR count). The minimum atomic E-state index is -4.35. The monoisotopic (exact) mass is 602 g/mol. The lowest BCUT2D eigenvalue weighted by atomic mass is 10.2. The van der Waals surface area contributed by atoms with E-state index < -0.39 is 13.5 Å². The molecular formula is C20H17BrClN4O5PS2. The van der Waals surface area contributed by atoms with E-state index in [0.29, 0.717) is 31.4 Å². The second-order valence-corrected chi connectivity index (χ2v) is 11.0. The standard InChI is InChI=1S/C20H16ClN4O5PS2.BrH/c1-25-7-6-22-20(25)32-16-9-12(18(26)24-19-23-11-17(21)33-19)8-14(10-16)30-13-2-4-15(5-3-13)31(27,28)29;/h2-11H,1H3,(H,23,24,26)(H2,27,28,29);1H. The van der Waals surface area contributed by atoms with E-state index in [-0.39, 0.29) is 22.3 Å². The number of anilines is 1. The minimum absolute atomic E-state index is 0. The lowest BCUT2D eigenvalue weighted by molar-refractivity contribution is 0.102. The average Bonchev–Trinajstić information content (AvgIpc) is 3.35. The third kappa shape index (κ3) is 6.70. The van der Waals surface area contributed by atoms with Crippen LogP contribution in [0.3, 0.4) is 0 Å². The fraction of sp³-hybridized carbons (Fsp3) is 0.0500. The number of imidazole rings is 1. The molecule has 178 valence electrons. The summed E-state index contributed by atoms with van der Waals surface area (Å²) in [7, 11) is -2.49. The number of aromatic nitrogens is 3. The molecule has 34 heavy (non-hydrogen) atoms. The van der Waals surface area contributed by atoms with Crippen LogP contribution in [0.1, 0.15) is 10.4 Å². The summed E-state index contributed by atoms with van der Waals surface area (Å²) >= 11 is 8.38. The average molecular weight is 604 g/mol. The predicted molar refractivity (Wildman–Crippen MR) is 137 cm³/mol. The first-order valence-electron chi connectivity index (χ1n) is 9.24. The van der Waals surface area contributed by atoms with Crippen molar-refractivity contribution in [3.8, 4) is 11.5 Å². The van der Waals surface area contributed by atoms with Crippen molar-refractivity contribution in [2.45, 2.75) is 10.1 Å². The molecular weight excluding hydrogens is 587 g/mol. The Morgan fingerprint density at radius 3 is 2.50 bits per heavy atom. The minimum Gasteiger partial charge on any atom is -0.457 e. The second kappa shape index (κ2) is 11.0. The predicted octanol–water partition coefficient (Wildman–Crippen LogP) is 5.11. The van der Waals surface area contributed by atoms with Gasteiger partial charge in [-0.25, -0.2) is 9.97 Å². The maximum atomic E-state index is 12.8. The van der Waals surface area contributed by atoms with Crippen molar-refractivity contribution in [1.29, 1.82) is 0 Å². The first-order valence-corrected chi connectivity index (χ1v) is 12.9. The van der Waals surface area contributed by atoms with Crippen molar-refractivity contribution in [2.24, 2.45) is 7.05 Å². The van der Waals surface area contributed by atoms with Gasteiger partial charge in [-0.15, -0.1) is 17.0 Å². The molecule has 0 bridgehead atoms. The number of nitrogens with zero attached hydrogens (tertiary/aromatic N) is 3. The summed E-state index contributed by atoms with van der Waals surface area (Å²) in [6, 6.07) is 10.5. The van der Waals surface area contributed by atoms with Crippen LogP contribution in [0.2, 0.25) is 4.34 Å². The third-order valence-corrected chi connectivity index (χ3v) is 7.28. The molecule has 1 amide bonds. The Morgan fingerprint density at radius 1 is 1.18 bits per heavy atom. The van der Waals surface area contributed by atoms with Gasteiger partial charge in [0, 0.05) is 29.9 Å². The van der Waals surface area contributed by atoms with Gasteiger partial charge < -0.3 is 19.1 Å². The smallest absolute Gasteiger partial charge is 0.356 e. The van der Waals surface area contributed by atoms with Crippen LogP contribution < -0.4 is 15.4 Å². The number of hydrogen-bond acceptors (Lipinski definition) is 7. The molecule has 2 aromatic heterocycles. The topological polar surface area (TPSA) is 127 Å². The number of hydrogen-bond donors (Lipinski definition) is 3. The van der Waals surface area contributed by atoms with Gasteiger partial charge in [-0.05, 0) is 42.5 Å². The van der Waals surface area contributed by atoms with Gasteiger partial charge in [0.25, 0.3) is 5.91 Å². The molecule has 0 unspecified atom stereocenters. The fourth-order valence-corrected chi connectivity index (χ4v) is 4.94. The molecule has 3 N–H and O–H groups in total. The lowest BCUT2D eigenvalue weighted by Crippen LogP contribution is -2.12. The van der Waals surface area contributed by atoms with Crippen LogP contribution in [-0.2, 0) is 11.6 Å². The summed E-state index contributed by atoms with van der Waals surface area (Å²) in [6.45, 7) is 0. The number of benzene rings is 2. The zero-order valence-corrected chi connectivity index (χ0v) is 22.3. The van der Waals surface area contributed by atoms with E-state index in [9.17, 15) is 19.1 Å². The Hall–Kier alpha value is -2.18. The molecule has 0 spiro atoms. The molecule has 2 heterocycles. The van der Waals surface area contributed by atoms with E-state index >= 15 is 0 Å². The van der Waals surface area contributed by atoms with E-state index in [0.717, 1.165) is 16.5 Å². The Kier molecular flexibility index (Phi) is 8.58. The Labute approximate surface area is 218 Å². The number of thiazole rings is 1. The van der Waals surface area contributed by atoms with Gasteiger partial charge in [0.05, 0.1) is 11.5 Å². The Morgan fingerprint density at radius 2 is 1.91 bits per heavy atom. The zero-order chi connectivity index (χ0) is 23.6. The van der Waals surface area contributed by atoms with Crippen molar-refractivity contribution in [3.05, 3.63) is 71.0 Å². The van der Waals surface area contributed by atoms with Crippen molar-refractivity contribution in [3.63, 3.8) is 0 Å². The van der Waals surface area contributed by atoms with E-state index in [1.165, 1.54) is 42.2 Å². The van der Waals surface area contributed by atoms with Gasteiger partial charge in [0.2, 0.25) is 0 Å². The maximum absolute atomic E-state index is 12.8. The normalized spacial score (nSPS) is 11.1. The van der Waals surface area contributed by atoms with Gasteiger partial charge in [-0.2, -0.15) is 0 Å². The molecule has 2 aromatic carbocycles. The van der Waals surface area contributed by atoms with E-state index in [1.54, 1.807) is 24.4 Å². The lowest BCUT2D eigenvalue weighted by Gasteiger charge is -2.11. The van der Waals surface area contributed by atoms with Gasteiger partial charge in [0.15, 0.2) is 10.3 Å². The molecule has 0 saturated heterocycles. The van der Waals surface area contributed by atoms with Gasteiger partial charge in [-0.3, -0.25) is 14.7 Å². The molecule has 14 heteroatoms. The summed E-state index contributed by atoms with van der Waals surface area (Å²) in [6.07, 6.45) is 4.93. The third-order valence-electron chi connectivity index (χ3n) is 4.24. The number of ether oxygens (including phenoxy) is 1. The molecule has 0 aliphatic carbocycles. The highest BCUT2D eigenvalue weighted by molar-refractivity contribution is 8.93. The van der Waals surface area contributed by atoms with E-state index in [2.05, 4.69) is 15.3 Å². The maximum Gasteiger partial charge on any atom is 0.356 e. The molecule has 9 nitrogen and oxygen atoms in total.